The van der Waals surface area contributed by atoms with Crippen LogP contribution in [0, 0.1) is 11.8 Å². The minimum absolute atomic E-state index is 0.155. The molecule has 0 aliphatic carbocycles. The number of hydrogen-bond donors (Lipinski definition) is 1. The molecule has 2 unspecified atom stereocenters. The first-order valence-electron chi connectivity index (χ1n) is 8.30. The lowest BCUT2D eigenvalue weighted by molar-refractivity contribution is -0.161. The summed E-state index contributed by atoms with van der Waals surface area (Å²) >= 11 is 0. The number of esters is 1. The Balaban J connectivity index is 4.92. The molecule has 0 heterocycles. The van der Waals surface area contributed by atoms with Crippen LogP contribution in [0.4, 0.5) is 0 Å². The van der Waals surface area contributed by atoms with E-state index < -0.39 is 17.8 Å². The van der Waals surface area contributed by atoms with Crippen molar-refractivity contribution in [1.82, 2.24) is 0 Å². The molecule has 0 aromatic carbocycles. The van der Waals surface area contributed by atoms with E-state index in [0.29, 0.717) is 12.8 Å². The molecule has 0 aromatic heterocycles. The van der Waals surface area contributed by atoms with Crippen LogP contribution < -0.4 is 5.90 Å². The van der Waals surface area contributed by atoms with Crippen LogP contribution in [-0.4, -0.2) is 18.5 Å². The SMILES string of the molecule is C=CCOC(=O)C(CCCCC)C(CCCCC)C(=O)ON. The zero-order valence-electron chi connectivity index (χ0n) is 14.0. The third kappa shape index (κ3) is 8.17. The Morgan fingerprint density at radius 1 is 1.00 bits per heavy atom. The zero-order chi connectivity index (χ0) is 16.8. The Morgan fingerprint density at radius 3 is 1.91 bits per heavy atom. The number of unbranched alkanes of at least 4 members (excludes halogenated alkanes) is 4. The predicted molar refractivity (Wildman–Crippen MR) is 86.7 cm³/mol. The summed E-state index contributed by atoms with van der Waals surface area (Å²) < 4.78 is 5.16. The highest BCUT2D eigenvalue weighted by atomic mass is 16.7. The maximum absolute atomic E-state index is 12.3. The van der Waals surface area contributed by atoms with E-state index in [4.69, 9.17) is 10.6 Å². The lowest BCUT2D eigenvalue weighted by Crippen LogP contribution is -2.34. The highest BCUT2D eigenvalue weighted by Gasteiger charge is 2.35. The van der Waals surface area contributed by atoms with E-state index in [1.165, 1.54) is 6.08 Å². The fraction of sp³-hybridized carbons (Fsp3) is 0.765. The van der Waals surface area contributed by atoms with Gasteiger partial charge in [-0.25, -0.2) is 0 Å². The lowest BCUT2D eigenvalue weighted by Gasteiger charge is -2.23. The summed E-state index contributed by atoms with van der Waals surface area (Å²) in [4.78, 5) is 28.7. The van der Waals surface area contributed by atoms with Crippen LogP contribution in [-0.2, 0) is 19.2 Å². The number of hydrogen-bond acceptors (Lipinski definition) is 5. The normalized spacial score (nSPS) is 13.2. The van der Waals surface area contributed by atoms with E-state index in [1.807, 2.05) is 0 Å². The Hall–Kier alpha value is -1.36. The largest absolute Gasteiger partial charge is 0.461 e. The standard InChI is InChI=1S/C17H31NO4/c1-4-7-9-11-14(16(19)21-13-6-3)15(17(20)22-18)12-10-8-5-2/h6,14-15H,3-5,7-13,18H2,1-2H3. The molecule has 2 atom stereocenters. The first-order chi connectivity index (χ1) is 10.6. The van der Waals surface area contributed by atoms with Crippen molar-refractivity contribution >= 4 is 11.9 Å². The number of ether oxygens (including phenoxy) is 1. The summed E-state index contributed by atoms with van der Waals surface area (Å²) in [5.74, 6) is 3.16. The van der Waals surface area contributed by atoms with Gasteiger partial charge in [-0.3, -0.25) is 9.59 Å². The molecular formula is C17H31NO4. The van der Waals surface area contributed by atoms with E-state index in [1.54, 1.807) is 0 Å². The molecule has 22 heavy (non-hydrogen) atoms. The number of carbonyl (C=O) groups excluding carboxylic acids is 2. The highest BCUT2D eigenvalue weighted by Crippen LogP contribution is 2.27. The Bertz CT molecular complexity index is 331. The number of carbonyl (C=O) groups is 2. The molecule has 128 valence electrons. The molecule has 2 N–H and O–H groups in total. The number of rotatable bonds is 13. The lowest BCUT2D eigenvalue weighted by atomic mass is 9.84. The van der Waals surface area contributed by atoms with E-state index in [-0.39, 0.29) is 12.6 Å². The summed E-state index contributed by atoms with van der Waals surface area (Å²) in [6.07, 6.45) is 8.63. The molecule has 0 amide bonds. The molecule has 0 aliphatic heterocycles. The highest BCUT2D eigenvalue weighted by molar-refractivity contribution is 5.82. The molecule has 0 saturated carbocycles. The van der Waals surface area contributed by atoms with Crippen molar-refractivity contribution in [1.29, 1.82) is 0 Å². The van der Waals surface area contributed by atoms with Crippen LogP contribution in [0.1, 0.15) is 65.2 Å². The minimum atomic E-state index is -0.522. The van der Waals surface area contributed by atoms with E-state index in [2.05, 4.69) is 25.3 Å². The number of nitrogens with two attached hydrogens (primary N) is 1. The third-order valence-corrected chi connectivity index (χ3v) is 3.79. The summed E-state index contributed by atoms with van der Waals surface area (Å²) in [7, 11) is 0. The van der Waals surface area contributed by atoms with Gasteiger partial charge in [0, 0.05) is 0 Å². The van der Waals surface area contributed by atoms with Crippen molar-refractivity contribution in [3.05, 3.63) is 12.7 Å². The molecule has 0 bridgehead atoms. The summed E-state index contributed by atoms with van der Waals surface area (Å²) in [6.45, 7) is 7.88. The average molecular weight is 313 g/mol. The first-order valence-corrected chi connectivity index (χ1v) is 8.30. The minimum Gasteiger partial charge on any atom is -0.461 e. The van der Waals surface area contributed by atoms with Crippen molar-refractivity contribution in [2.45, 2.75) is 65.2 Å². The molecule has 5 nitrogen and oxygen atoms in total. The Morgan fingerprint density at radius 2 is 1.50 bits per heavy atom. The van der Waals surface area contributed by atoms with Gasteiger partial charge in [-0.1, -0.05) is 65.0 Å². The molecule has 0 fully saturated rings. The van der Waals surface area contributed by atoms with Crippen LogP contribution in [0.2, 0.25) is 0 Å². The van der Waals surface area contributed by atoms with Crippen LogP contribution >= 0.6 is 0 Å². The third-order valence-electron chi connectivity index (χ3n) is 3.79. The summed E-state index contributed by atoms with van der Waals surface area (Å²) in [5.41, 5.74) is 0. The molecule has 0 aliphatic rings. The Labute approximate surface area is 134 Å². The van der Waals surface area contributed by atoms with Gasteiger partial charge in [-0.2, -0.15) is 5.90 Å². The van der Waals surface area contributed by atoms with Gasteiger partial charge in [0.2, 0.25) is 0 Å². The second-order valence-electron chi connectivity index (χ2n) is 5.56. The van der Waals surface area contributed by atoms with Gasteiger partial charge in [0.1, 0.15) is 6.61 Å². The van der Waals surface area contributed by atoms with Crippen LogP contribution in [0.3, 0.4) is 0 Å². The van der Waals surface area contributed by atoms with Crippen LogP contribution in [0.5, 0.6) is 0 Å². The van der Waals surface area contributed by atoms with Crippen molar-refractivity contribution < 1.29 is 19.2 Å². The molecule has 0 saturated heterocycles. The maximum Gasteiger partial charge on any atom is 0.328 e. The monoisotopic (exact) mass is 313 g/mol. The van der Waals surface area contributed by atoms with Gasteiger partial charge in [-0.15, -0.1) is 0 Å². The van der Waals surface area contributed by atoms with Crippen molar-refractivity contribution in [2.75, 3.05) is 6.61 Å². The second-order valence-corrected chi connectivity index (χ2v) is 5.56. The molecule has 0 radical (unpaired) electrons. The quantitative estimate of drug-likeness (QED) is 0.243. The van der Waals surface area contributed by atoms with Crippen LogP contribution in [0.25, 0.3) is 0 Å². The molecular weight excluding hydrogens is 282 g/mol. The zero-order valence-corrected chi connectivity index (χ0v) is 14.0. The summed E-state index contributed by atoms with van der Waals surface area (Å²) in [6, 6.07) is 0. The van der Waals surface area contributed by atoms with Gasteiger partial charge in [0.05, 0.1) is 11.8 Å². The van der Waals surface area contributed by atoms with Gasteiger partial charge in [0.15, 0.2) is 0 Å². The van der Waals surface area contributed by atoms with Crippen molar-refractivity contribution in [3.63, 3.8) is 0 Å². The molecule has 0 spiro atoms. The molecule has 0 aromatic rings. The maximum atomic E-state index is 12.3. The van der Waals surface area contributed by atoms with Crippen LogP contribution in [0.15, 0.2) is 12.7 Å². The van der Waals surface area contributed by atoms with Crippen molar-refractivity contribution in [2.24, 2.45) is 17.7 Å². The smallest absolute Gasteiger partial charge is 0.328 e. The topological polar surface area (TPSA) is 78.6 Å². The van der Waals surface area contributed by atoms with Gasteiger partial charge < -0.3 is 9.57 Å². The predicted octanol–water partition coefficient (Wildman–Crippen LogP) is 3.53. The average Bonchev–Trinajstić information content (AvgIpc) is 2.53. The van der Waals surface area contributed by atoms with Crippen molar-refractivity contribution in [3.8, 4) is 0 Å². The summed E-state index contributed by atoms with van der Waals surface area (Å²) in [5, 5.41) is 0. The first kappa shape index (κ1) is 20.6. The van der Waals surface area contributed by atoms with E-state index >= 15 is 0 Å². The van der Waals surface area contributed by atoms with Gasteiger partial charge >= 0.3 is 11.9 Å². The molecule has 0 rings (SSSR count). The van der Waals surface area contributed by atoms with E-state index in [0.717, 1.165) is 38.5 Å². The second kappa shape index (κ2) is 13.3. The van der Waals surface area contributed by atoms with Gasteiger partial charge in [-0.05, 0) is 12.8 Å². The fourth-order valence-electron chi connectivity index (χ4n) is 2.53. The van der Waals surface area contributed by atoms with Gasteiger partial charge in [0.25, 0.3) is 0 Å². The van der Waals surface area contributed by atoms with E-state index in [9.17, 15) is 9.59 Å². The molecule has 5 heteroatoms. The Kier molecular flexibility index (Phi) is 12.5. The fourth-order valence-corrected chi connectivity index (χ4v) is 2.53.